The van der Waals surface area contributed by atoms with Gasteiger partial charge >= 0.3 is 11.9 Å². The molecule has 0 radical (unpaired) electrons. The van der Waals surface area contributed by atoms with E-state index in [4.69, 9.17) is 14.3 Å². The first-order valence-corrected chi connectivity index (χ1v) is 10.9. The smallest absolute Gasteiger partial charge is 0.352 e. The second-order valence-corrected chi connectivity index (χ2v) is 9.45. The molecule has 11 nitrogen and oxygen atoms in total. The quantitative estimate of drug-likeness (QED) is 0.315. The van der Waals surface area contributed by atoms with E-state index in [1.165, 1.54) is 24.9 Å². The molecule has 0 bridgehead atoms. The SMILES string of the molecule is CC(=O)OCC1=C(C(=O)O)N2C(=O)[C@@H](NC(=O)CC3OC=CC3=NOC(C)(C)C)[C@H]2SC1. The zero-order valence-electron chi connectivity index (χ0n) is 18.1. The zero-order chi connectivity index (χ0) is 23.6. The van der Waals surface area contributed by atoms with Gasteiger partial charge < -0.3 is 24.7 Å². The molecule has 2 N–H and O–H groups in total. The summed E-state index contributed by atoms with van der Waals surface area (Å²) in [6.45, 7) is 6.53. The third-order valence-corrected chi connectivity index (χ3v) is 5.96. The monoisotopic (exact) mass is 467 g/mol. The van der Waals surface area contributed by atoms with Gasteiger partial charge in [-0.15, -0.1) is 11.8 Å². The number of nitrogens with zero attached hydrogens (tertiary/aromatic N) is 2. The molecule has 1 fully saturated rings. The van der Waals surface area contributed by atoms with Crippen LogP contribution < -0.4 is 5.32 Å². The lowest BCUT2D eigenvalue weighted by molar-refractivity contribution is -0.151. The summed E-state index contributed by atoms with van der Waals surface area (Å²) < 4.78 is 10.3. The van der Waals surface area contributed by atoms with Gasteiger partial charge in [0.2, 0.25) is 5.91 Å². The fraction of sp³-hybridized carbons (Fsp3) is 0.550. The summed E-state index contributed by atoms with van der Waals surface area (Å²) in [6.07, 6.45) is 2.29. The van der Waals surface area contributed by atoms with Crippen molar-refractivity contribution in [2.45, 2.75) is 57.2 Å². The second-order valence-electron chi connectivity index (χ2n) is 8.34. The molecule has 0 spiro atoms. The molecular formula is C20H25N3O8S. The van der Waals surface area contributed by atoms with Crippen LogP contribution in [0.5, 0.6) is 0 Å². The van der Waals surface area contributed by atoms with Crippen LogP contribution in [0.25, 0.3) is 0 Å². The Balaban J connectivity index is 1.62. The first-order chi connectivity index (χ1) is 15.0. The third-order valence-electron chi connectivity index (χ3n) is 4.62. The van der Waals surface area contributed by atoms with Crippen LogP contribution in [0.4, 0.5) is 0 Å². The molecule has 0 aromatic carbocycles. The molecule has 0 aromatic heterocycles. The first kappa shape index (κ1) is 23.6. The summed E-state index contributed by atoms with van der Waals surface area (Å²) in [6, 6.07) is -0.863. The number of carboxylic acids is 1. The summed E-state index contributed by atoms with van der Waals surface area (Å²) in [7, 11) is 0. The van der Waals surface area contributed by atoms with Gasteiger partial charge in [-0.2, -0.15) is 0 Å². The molecule has 0 aliphatic carbocycles. The number of hydrogen-bond acceptors (Lipinski definition) is 9. The van der Waals surface area contributed by atoms with Crippen molar-refractivity contribution in [3.8, 4) is 0 Å². The molecule has 1 unspecified atom stereocenters. The normalized spacial score (nSPS) is 25.8. The zero-order valence-corrected chi connectivity index (χ0v) is 18.9. The van der Waals surface area contributed by atoms with E-state index in [2.05, 4.69) is 10.5 Å². The lowest BCUT2D eigenvalue weighted by Gasteiger charge is -2.49. The Hall–Kier alpha value is -3.02. The molecule has 3 heterocycles. The van der Waals surface area contributed by atoms with Crippen molar-refractivity contribution in [3.63, 3.8) is 0 Å². The summed E-state index contributed by atoms with van der Waals surface area (Å²) >= 11 is 1.29. The van der Waals surface area contributed by atoms with E-state index in [0.29, 0.717) is 11.3 Å². The Kier molecular flexibility index (Phi) is 6.82. The molecule has 174 valence electrons. The van der Waals surface area contributed by atoms with Crippen LogP contribution in [0, 0.1) is 0 Å². The van der Waals surface area contributed by atoms with Gasteiger partial charge in [0.05, 0.1) is 12.7 Å². The van der Waals surface area contributed by atoms with Gasteiger partial charge in [-0.1, -0.05) is 5.16 Å². The Labute approximate surface area is 188 Å². The van der Waals surface area contributed by atoms with Gasteiger partial charge in [-0.05, 0) is 20.8 Å². The predicted octanol–water partition coefficient (Wildman–Crippen LogP) is 0.762. The molecule has 3 aliphatic heterocycles. The number of oxime groups is 1. The highest BCUT2D eigenvalue weighted by Crippen LogP contribution is 2.40. The number of carbonyl (C=O) groups is 4. The minimum atomic E-state index is -1.29. The van der Waals surface area contributed by atoms with Crippen LogP contribution in [-0.2, 0) is 33.5 Å². The number of aliphatic carboxylic acids is 1. The maximum Gasteiger partial charge on any atom is 0.352 e. The summed E-state index contributed by atoms with van der Waals surface area (Å²) in [5, 5.41) is 15.7. The van der Waals surface area contributed by atoms with E-state index in [-0.39, 0.29) is 24.5 Å². The van der Waals surface area contributed by atoms with E-state index in [1.807, 2.05) is 20.8 Å². The van der Waals surface area contributed by atoms with Gasteiger partial charge in [0.25, 0.3) is 5.91 Å². The number of carboxylic acid groups (broad SMARTS) is 1. The molecule has 3 atom stereocenters. The minimum Gasteiger partial charge on any atom is -0.491 e. The van der Waals surface area contributed by atoms with Crippen molar-refractivity contribution in [2.24, 2.45) is 5.16 Å². The predicted molar refractivity (Wildman–Crippen MR) is 113 cm³/mol. The van der Waals surface area contributed by atoms with Crippen LogP contribution in [0.15, 0.2) is 28.8 Å². The topological polar surface area (TPSA) is 144 Å². The number of nitrogens with one attached hydrogen (secondary N) is 1. The molecular weight excluding hydrogens is 442 g/mol. The number of carbonyl (C=O) groups excluding carboxylic acids is 3. The van der Waals surface area contributed by atoms with Gasteiger partial charge in [-0.25, -0.2) is 4.79 Å². The Bertz CT molecular complexity index is 920. The van der Waals surface area contributed by atoms with Crippen LogP contribution in [0.3, 0.4) is 0 Å². The number of rotatable bonds is 7. The summed E-state index contributed by atoms with van der Waals surface area (Å²) in [5.41, 5.74) is 0.0783. The lowest BCUT2D eigenvalue weighted by Crippen LogP contribution is -2.70. The van der Waals surface area contributed by atoms with Crippen molar-refractivity contribution in [1.29, 1.82) is 0 Å². The molecule has 12 heteroatoms. The van der Waals surface area contributed by atoms with Crippen molar-refractivity contribution in [1.82, 2.24) is 10.2 Å². The Morgan fingerprint density at radius 3 is 2.72 bits per heavy atom. The number of esters is 1. The van der Waals surface area contributed by atoms with Crippen LogP contribution in [-0.4, -0.2) is 75.0 Å². The molecule has 32 heavy (non-hydrogen) atoms. The molecule has 0 saturated carbocycles. The highest BCUT2D eigenvalue weighted by atomic mass is 32.2. The number of thioether (sulfide) groups is 1. The molecule has 3 aliphatic rings. The van der Waals surface area contributed by atoms with Crippen molar-refractivity contribution in [2.75, 3.05) is 12.4 Å². The van der Waals surface area contributed by atoms with E-state index >= 15 is 0 Å². The number of fused-ring (bicyclic) bond motifs is 1. The highest BCUT2D eigenvalue weighted by molar-refractivity contribution is 8.00. The van der Waals surface area contributed by atoms with Crippen LogP contribution in [0.1, 0.15) is 34.1 Å². The number of ether oxygens (including phenoxy) is 2. The number of amides is 2. The molecule has 2 amide bonds. The van der Waals surface area contributed by atoms with Gasteiger partial charge in [-0.3, -0.25) is 19.3 Å². The fourth-order valence-corrected chi connectivity index (χ4v) is 4.52. The fourth-order valence-electron chi connectivity index (χ4n) is 3.20. The maximum atomic E-state index is 12.6. The van der Waals surface area contributed by atoms with E-state index in [9.17, 15) is 24.3 Å². The average molecular weight is 468 g/mol. The van der Waals surface area contributed by atoms with Crippen molar-refractivity contribution < 1.29 is 38.6 Å². The third kappa shape index (κ3) is 5.23. The highest BCUT2D eigenvalue weighted by Gasteiger charge is 2.54. The van der Waals surface area contributed by atoms with Crippen LogP contribution in [0.2, 0.25) is 0 Å². The van der Waals surface area contributed by atoms with E-state index < -0.39 is 46.9 Å². The first-order valence-electron chi connectivity index (χ1n) is 9.88. The minimum absolute atomic E-state index is 0.0835. The standard InChI is InChI=1S/C20H25N3O8S/c1-10(24)30-8-11-9-32-18-15(17(26)23(18)16(11)19(27)28)21-14(25)7-13-12(5-6-29-13)22-31-20(2,3)4/h5-6,13,15,18H,7-9H2,1-4H3,(H,21,25)(H,27,28)/t13?,15-,18-/m1/s1. The van der Waals surface area contributed by atoms with Crippen LogP contribution >= 0.6 is 11.8 Å². The number of β-lactam (4-membered cyclic amide) rings is 1. The number of hydrogen-bond donors (Lipinski definition) is 2. The second kappa shape index (κ2) is 9.23. The molecule has 1 saturated heterocycles. The lowest BCUT2D eigenvalue weighted by atomic mass is 10.0. The van der Waals surface area contributed by atoms with Crippen molar-refractivity contribution in [3.05, 3.63) is 23.6 Å². The summed E-state index contributed by atoms with van der Waals surface area (Å²) in [4.78, 5) is 54.5. The molecule has 3 rings (SSSR count). The van der Waals surface area contributed by atoms with Gasteiger partial charge in [0.1, 0.15) is 35.0 Å². The van der Waals surface area contributed by atoms with Gasteiger partial charge in [0, 0.05) is 24.3 Å². The maximum absolute atomic E-state index is 12.6. The average Bonchev–Trinajstić information content (AvgIpc) is 3.14. The Morgan fingerprint density at radius 1 is 1.38 bits per heavy atom. The Morgan fingerprint density at radius 2 is 2.09 bits per heavy atom. The van der Waals surface area contributed by atoms with E-state index in [0.717, 1.165) is 4.90 Å². The largest absolute Gasteiger partial charge is 0.491 e. The van der Waals surface area contributed by atoms with E-state index in [1.54, 1.807) is 6.08 Å². The van der Waals surface area contributed by atoms with Gasteiger partial charge in [0.15, 0.2) is 6.10 Å². The summed E-state index contributed by atoms with van der Waals surface area (Å²) in [5.74, 6) is -2.56. The van der Waals surface area contributed by atoms with Crippen molar-refractivity contribution >= 4 is 41.2 Å². The molecule has 0 aromatic rings.